The molecule has 7 heteroatoms. The van der Waals surface area contributed by atoms with Gasteiger partial charge in [-0.15, -0.1) is 0 Å². The summed E-state index contributed by atoms with van der Waals surface area (Å²) in [5.41, 5.74) is 3.39. The lowest BCUT2D eigenvalue weighted by Gasteiger charge is -2.11. The fourth-order valence-electron chi connectivity index (χ4n) is 2.94. The summed E-state index contributed by atoms with van der Waals surface area (Å²) in [5, 5.41) is 3.34. The molecule has 0 atom stereocenters. The summed E-state index contributed by atoms with van der Waals surface area (Å²) in [5.74, 6) is 0.411. The number of hydrogen-bond donors (Lipinski definition) is 1. The van der Waals surface area contributed by atoms with Gasteiger partial charge in [-0.3, -0.25) is 4.79 Å². The minimum absolute atomic E-state index is 0.111. The Morgan fingerprint density at radius 2 is 1.90 bits per heavy atom. The van der Waals surface area contributed by atoms with Crippen molar-refractivity contribution in [3.63, 3.8) is 0 Å². The van der Waals surface area contributed by atoms with Crippen LogP contribution in [0.5, 0.6) is 5.75 Å². The maximum Gasteiger partial charge on any atom is 0.338 e. The average molecular weight is 413 g/mol. The van der Waals surface area contributed by atoms with Crippen molar-refractivity contribution in [2.45, 2.75) is 33.6 Å². The number of fused-ring (bicyclic) bond motifs is 1. The molecular formula is C22H24N2O4S. The average Bonchev–Trinajstić information content (AvgIpc) is 3.08. The van der Waals surface area contributed by atoms with E-state index < -0.39 is 0 Å². The number of anilines is 1. The minimum Gasteiger partial charge on any atom is -0.493 e. The van der Waals surface area contributed by atoms with Gasteiger partial charge in [0.2, 0.25) is 5.91 Å². The fourth-order valence-corrected chi connectivity index (χ4v) is 3.86. The maximum atomic E-state index is 12.2. The van der Waals surface area contributed by atoms with E-state index in [2.05, 4.69) is 10.3 Å². The molecule has 3 aromatic rings. The summed E-state index contributed by atoms with van der Waals surface area (Å²) in [4.78, 5) is 28.5. The van der Waals surface area contributed by atoms with Crippen molar-refractivity contribution < 1.29 is 19.1 Å². The number of nitrogens with zero attached hydrogens (tertiary/aromatic N) is 1. The number of nitrogens with one attached hydrogen (secondary N) is 1. The molecule has 0 saturated heterocycles. The first-order valence-corrected chi connectivity index (χ1v) is 10.4. The van der Waals surface area contributed by atoms with Gasteiger partial charge in [0.1, 0.15) is 5.75 Å². The number of amides is 1. The number of para-hydroxylation sites is 1. The number of esters is 1. The molecule has 3 rings (SSSR count). The Morgan fingerprint density at radius 1 is 1.14 bits per heavy atom. The van der Waals surface area contributed by atoms with E-state index in [0.717, 1.165) is 27.1 Å². The van der Waals surface area contributed by atoms with Gasteiger partial charge in [-0.25, -0.2) is 9.78 Å². The van der Waals surface area contributed by atoms with Crippen LogP contribution in [0.25, 0.3) is 10.2 Å². The number of thiazole rings is 1. The van der Waals surface area contributed by atoms with Gasteiger partial charge in [0.25, 0.3) is 0 Å². The zero-order valence-corrected chi connectivity index (χ0v) is 17.6. The van der Waals surface area contributed by atoms with E-state index in [1.807, 2.05) is 32.0 Å². The highest BCUT2D eigenvalue weighted by Gasteiger charge is 2.12. The quantitative estimate of drug-likeness (QED) is 0.421. The predicted octanol–water partition coefficient (Wildman–Crippen LogP) is 4.89. The first kappa shape index (κ1) is 20.8. The zero-order valence-electron chi connectivity index (χ0n) is 16.8. The van der Waals surface area contributed by atoms with Gasteiger partial charge < -0.3 is 14.8 Å². The first-order valence-electron chi connectivity index (χ1n) is 9.54. The molecule has 0 radical (unpaired) electrons. The van der Waals surface area contributed by atoms with E-state index in [1.165, 1.54) is 11.3 Å². The van der Waals surface area contributed by atoms with Crippen molar-refractivity contribution >= 4 is 38.6 Å². The number of aryl methyl sites for hydroxylation is 2. The molecule has 0 bridgehead atoms. The topological polar surface area (TPSA) is 77.5 Å². The smallest absolute Gasteiger partial charge is 0.338 e. The number of benzene rings is 2. The monoisotopic (exact) mass is 412 g/mol. The van der Waals surface area contributed by atoms with E-state index >= 15 is 0 Å². The standard InChI is InChI=1S/C22H24N2O4S/c1-4-27-21(26)16-10-11-17-18(13-16)29-22(23-17)24-19(25)9-6-12-28-20-14(2)7-5-8-15(20)3/h5,7-8,10-11,13H,4,6,9,12H2,1-3H3,(H,23,24,25). The Bertz CT molecular complexity index is 1010. The second kappa shape index (κ2) is 9.52. The van der Waals surface area contributed by atoms with Crippen LogP contribution in [0.3, 0.4) is 0 Å². The van der Waals surface area contributed by atoms with Gasteiger partial charge in [-0.05, 0) is 56.5 Å². The molecule has 1 aromatic heterocycles. The minimum atomic E-state index is -0.364. The number of aromatic nitrogens is 1. The normalized spacial score (nSPS) is 10.7. The van der Waals surface area contributed by atoms with E-state index in [4.69, 9.17) is 9.47 Å². The van der Waals surface area contributed by atoms with E-state index in [1.54, 1.807) is 25.1 Å². The van der Waals surface area contributed by atoms with Crippen LogP contribution in [0, 0.1) is 13.8 Å². The van der Waals surface area contributed by atoms with Crippen molar-refractivity contribution in [1.82, 2.24) is 4.98 Å². The molecule has 152 valence electrons. The van der Waals surface area contributed by atoms with Gasteiger partial charge in [0.15, 0.2) is 5.13 Å². The van der Waals surface area contributed by atoms with Crippen molar-refractivity contribution in [3.05, 3.63) is 53.1 Å². The van der Waals surface area contributed by atoms with Gasteiger partial charge in [-0.1, -0.05) is 29.5 Å². The summed E-state index contributed by atoms with van der Waals surface area (Å²) < 4.78 is 11.7. The highest BCUT2D eigenvalue weighted by atomic mass is 32.1. The summed E-state index contributed by atoms with van der Waals surface area (Å²) >= 11 is 1.33. The predicted molar refractivity (Wildman–Crippen MR) is 115 cm³/mol. The molecule has 2 aromatic carbocycles. The SMILES string of the molecule is CCOC(=O)c1ccc2nc(NC(=O)CCCOc3c(C)cccc3C)sc2c1. The third-order valence-corrected chi connectivity index (χ3v) is 5.28. The Balaban J connectivity index is 1.52. The molecule has 0 unspecified atom stereocenters. The van der Waals surface area contributed by atoms with Crippen molar-refractivity contribution in [1.29, 1.82) is 0 Å². The van der Waals surface area contributed by atoms with Crippen molar-refractivity contribution in [2.75, 3.05) is 18.5 Å². The summed E-state index contributed by atoms with van der Waals surface area (Å²) in [6.45, 7) is 6.59. The lowest BCUT2D eigenvalue weighted by Crippen LogP contribution is -2.12. The second-order valence-corrected chi connectivity index (χ2v) is 7.67. The molecule has 0 fully saturated rings. The molecule has 29 heavy (non-hydrogen) atoms. The first-order chi connectivity index (χ1) is 14.0. The number of ether oxygens (including phenoxy) is 2. The summed E-state index contributed by atoms with van der Waals surface area (Å²) in [7, 11) is 0. The van der Waals surface area contributed by atoms with Gasteiger partial charge in [0, 0.05) is 6.42 Å². The molecule has 0 spiro atoms. The molecule has 1 N–H and O–H groups in total. The molecule has 0 aliphatic rings. The number of hydrogen-bond acceptors (Lipinski definition) is 6. The highest BCUT2D eigenvalue weighted by Crippen LogP contribution is 2.27. The fraction of sp³-hybridized carbons (Fsp3) is 0.318. The molecule has 0 saturated carbocycles. The lowest BCUT2D eigenvalue weighted by atomic mass is 10.1. The lowest BCUT2D eigenvalue weighted by molar-refractivity contribution is -0.116. The Hall–Kier alpha value is -2.93. The Morgan fingerprint density at radius 3 is 2.62 bits per heavy atom. The van der Waals surface area contributed by atoms with Crippen LogP contribution in [0.2, 0.25) is 0 Å². The Labute approximate surface area is 173 Å². The zero-order chi connectivity index (χ0) is 20.8. The molecular weight excluding hydrogens is 388 g/mol. The second-order valence-electron chi connectivity index (χ2n) is 6.64. The van der Waals surface area contributed by atoms with Crippen LogP contribution in [-0.4, -0.2) is 30.1 Å². The number of carbonyl (C=O) groups excluding carboxylic acids is 2. The van der Waals surface area contributed by atoms with Crippen molar-refractivity contribution in [2.24, 2.45) is 0 Å². The van der Waals surface area contributed by atoms with Crippen LogP contribution in [0.4, 0.5) is 5.13 Å². The van der Waals surface area contributed by atoms with Gasteiger partial charge in [-0.2, -0.15) is 0 Å². The third kappa shape index (κ3) is 5.32. The summed E-state index contributed by atoms with van der Waals surface area (Å²) in [6, 6.07) is 11.2. The van der Waals surface area contributed by atoms with Gasteiger partial charge in [0.05, 0.1) is 29.0 Å². The molecule has 0 aliphatic carbocycles. The molecule has 1 heterocycles. The van der Waals surface area contributed by atoms with Gasteiger partial charge >= 0.3 is 5.97 Å². The van der Waals surface area contributed by atoms with Crippen LogP contribution in [0.15, 0.2) is 36.4 Å². The molecule has 6 nitrogen and oxygen atoms in total. The van der Waals surface area contributed by atoms with Crippen LogP contribution in [0.1, 0.15) is 41.3 Å². The van der Waals surface area contributed by atoms with Crippen LogP contribution < -0.4 is 10.1 Å². The van der Waals surface area contributed by atoms with Crippen LogP contribution in [-0.2, 0) is 9.53 Å². The summed E-state index contributed by atoms with van der Waals surface area (Å²) in [6.07, 6.45) is 0.951. The van der Waals surface area contributed by atoms with Crippen molar-refractivity contribution in [3.8, 4) is 5.75 Å². The number of carbonyl (C=O) groups is 2. The van der Waals surface area contributed by atoms with E-state index in [0.29, 0.717) is 36.8 Å². The largest absolute Gasteiger partial charge is 0.493 e. The Kier molecular flexibility index (Phi) is 6.82. The molecule has 0 aliphatic heterocycles. The van der Waals surface area contributed by atoms with Crippen LogP contribution >= 0.6 is 11.3 Å². The number of rotatable bonds is 8. The van der Waals surface area contributed by atoms with E-state index in [-0.39, 0.29) is 11.9 Å². The third-order valence-electron chi connectivity index (χ3n) is 4.35. The highest BCUT2D eigenvalue weighted by molar-refractivity contribution is 7.22. The molecule has 1 amide bonds. The maximum absolute atomic E-state index is 12.2. The van der Waals surface area contributed by atoms with E-state index in [9.17, 15) is 9.59 Å².